The minimum atomic E-state index is 0.602. The van der Waals surface area contributed by atoms with Crippen molar-refractivity contribution >= 4 is 5.95 Å². The van der Waals surface area contributed by atoms with Crippen molar-refractivity contribution in [1.29, 1.82) is 0 Å². The van der Waals surface area contributed by atoms with E-state index in [4.69, 9.17) is 0 Å². The molecule has 3 nitrogen and oxygen atoms in total. The smallest absolute Gasteiger partial charge is 0.202 e. The van der Waals surface area contributed by atoms with Crippen LogP contribution in [-0.2, 0) is 7.05 Å². The van der Waals surface area contributed by atoms with Gasteiger partial charge in [-0.25, -0.2) is 4.98 Å². The zero-order valence-corrected chi connectivity index (χ0v) is 9.90. The summed E-state index contributed by atoms with van der Waals surface area (Å²) < 4.78 is 2.05. The Labute approximate surface area is 91.9 Å². The summed E-state index contributed by atoms with van der Waals surface area (Å²) in [4.78, 5) is 4.31. The normalized spacial score (nSPS) is 31.5. The van der Waals surface area contributed by atoms with Crippen molar-refractivity contribution in [2.75, 3.05) is 5.32 Å². The SMILES string of the molecule is CC1CC(C)CC(Nc2nccn2C)C1. The van der Waals surface area contributed by atoms with E-state index in [9.17, 15) is 0 Å². The van der Waals surface area contributed by atoms with E-state index in [-0.39, 0.29) is 0 Å². The minimum Gasteiger partial charge on any atom is -0.353 e. The molecular formula is C12H21N3. The fraction of sp³-hybridized carbons (Fsp3) is 0.750. The zero-order chi connectivity index (χ0) is 10.8. The van der Waals surface area contributed by atoms with Gasteiger partial charge in [0.05, 0.1) is 0 Å². The van der Waals surface area contributed by atoms with Gasteiger partial charge in [-0.15, -0.1) is 0 Å². The van der Waals surface area contributed by atoms with Gasteiger partial charge >= 0.3 is 0 Å². The molecule has 15 heavy (non-hydrogen) atoms. The third-order valence-electron chi connectivity index (χ3n) is 3.33. The number of imidazole rings is 1. The molecule has 1 aromatic rings. The fourth-order valence-corrected chi connectivity index (χ4v) is 2.75. The summed E-state index contributed by atoms with van der Waals surface area (Å²) in [6.45, 7) is 4.70. The molecule has 0 saturated heterocycles. The molecule has 1 aliphatic rings. The summed E-state index contributed by atoms with van der Waals surface area (Å²) in [6, 6.07) is 0.602. The summed E-state index contributed by atoms with van der Waals surface area (Å²) in [7, 11) is 2.03. The number of hydrogen-bond acceptors (Lipinski definition) is 2. The number of nitrogens with one attached hydrogen (secondary N) is 1. The van der Waals surface area contributed by atoms with Gasteiger partial charge < -0.3 is 9.88 Å². The van der Waals surface area contributed by atoms with E-state index in [0.29, 0.717) is 6.04 Å². The fourth-order valence-electron chi connectivity index (χ4n) is 2.75. The molecule has 0 aliphatic heterocycles. The van der Waals surface area contributed by atoms with Crippen LogP contribution in [0.3, 0.4) is 0 Å². The maximum absolute atomic E-state index is 4.31. The van der Waals surface area contributed by atoms with Crippen LogP contribution in [0.15, 0.2) is 12.4 Å². The lowest BCUT2D eigenvalue weighted by Crippen LogP contribution is -2.31. The van der Waals surface area contributed by atoms with Crippen LogP contribution in [0.2, 0.25) is 0 Å². The predicted molar refractivity (Wildman–Crippen MR) is 62.8 cm³/mol. The molecule has 1 aliphatic carbocycles. The number of aryl methyl sites for hydroxylation is 1. The molecule has 2 unspecified atom stereocenters. The van der Waals surface area contributed by atoms with Crippen LogP contribution in [0.4, 0.5) is 5.95 Å². The Hall–Kier alpha value is -0.990. The highest BCUT2D eigenvalue weighted by molar-refractivity contribution is 5.27. The lowest BCUT2D eigenvalue weighted by Gasteiger charge is -2.32. The van der Waals surface area contributed by atoms with Gasteiger partial charge in [0, 0.05) is 25.5 Å². The van der Waals surface area contributed by atoms with Crippen molar-refractivity contribution in [2.45, 2.75) is 39.2 Å². The van der Waals surface area contributed by atoms with Crippen LogP contribution >= 0.6 is 0 Å². The molecule has 0 amide bonds. The van der Waals surface area contributed by atoms with Crippen LogP contribution in [-0.4, -0.2) is 15.6 Å². The van der Waals surface area contributed by atoms with Gasteiger partial charge in [0.1, 0.15) is 0 Å². The Morgan fingerprint density at radius 2 is 1.93 bits per heavy atom. The van der Waals surface area contributed by atoms with Crippen molar-refractivity contribution in [2.24, 2.45) is 18.9 Å². The van der Waals surface area contributed by atoms with Crippen LogP contribution in [0, 0.1) is 11.8 Å². The Kier molecular flexibility index (Phi) is 2.98. The van der Waals surface area contributed by atoms with Gasteiger partial charge in [-0.2, -0.15) is 0 Å². The molecule has 3 heteroatoms. The highest BCUT2D eigenvalue weighted by Gasteiger charge is 2.24. The van der Waals surface area contributed by atoms with Gasteiger partial charge in [-0.05, 0) is 31.1 Å². The molecule has 1 saturated carbocycles. The van der Waals surface area contributed by atoms with Crippen LogP contribution in [0.5, 0.6) is 0 Å². The third-order valence-corrected chi connectivity index (χ3v) is 3.33. The Morgan fingerprint density at radius 1 is 1.27 bits per heavy atom. The summed E-state index contributed by atoms with van der Waals surface area (Å²) >= 11 is 0. The molecule has 84 valence electrons. The second-order valence-corrected chi connectivity index (χ2v) is 5.12. The van der Waals surface area contributed by atoms with Crippen molar-refractivity contribution in [1.82, 2.24) is 9.55 Å². The summed E-state index contributed by atoms with van der Waals surface area (Å²) in [5.74, 6) is 2.68. The largest absolute Gasteiger partial charge is 0.353 e. The second kappa shape index (κ2) is 4.25. The molecule has 0 radical (unpaired) electrons. The van der Waals surface area contributed by atoms with E-state index in [0.717, 1.165) is 17.8 Å². The average molecular weight is 207 g/mol. The zero-order valence-electron chi connectivity index (χ0n) is 9.90. The van der Waals surface area contributed by atoms with Gasteiger partial charge in [0.2, 0.25) is 5.95 Å². The highest BCUT2D eigenvalue weighted by atomic mass is 15.2. The third kappa shape index (κ3) is 2.52. The number of anilines is 1. The van der Waals surface area contributed by atoms with Crippen LogP contribution < -0.4 is 5.32 Å². The standard InChI is InChI=1S/C12H21N3/c1-9-6-10(2)8-11(7-9)14-12-13-4-5-15(12)3/h4-5,9-11H,6-8H2,1-3H3,(H,13,14). The van der Waals surface area contributed by atoms with E-state index in [1.807, 2.05) is 24.0 Å². The molecule has 0 bridgehead atoms. The van der Waals surface area contributed by atoms with Gasteiger partial charge in [0.25, 0.3) is 0 Å². The predicted octanol–water partition coefficient (Wildman–Crippen LogP) is 2.66. The van der Waals surface area contributed by atoms with Crippen LogP contribution in [0.25, 0.3) is 0 Å². The number of hydrogen-bond donors (Lipinski definition) is 1. The Balaban J connectivity index is 1.97. The van der Waals surface area contributed by atoms with Gasteiger partial charge in [-0.1, -0.05) is 13.8 Å². The summed E-state index contributed by atoms with van der Waals surface area (Å²) in [5, 5.41) is 3.54. The topological polar surface area (TPSA) is 29.9 Å². The second-order valence-electron chi connectivity index (χ2n) is 5.12. The van der Waals surface area contributed by atoms with Gasteiger partial charge in [0.15, 0.2) is 0 Å². The maximum Gasteiger partial charge on any atom is 0.202 e. The molecule has 1 N–H and O–H groups in total. The first kappa shape index (κ1) is 10.5. The van der Waals surface area contributed by atoms with E-state index < -0.39 is 0 Å². The molecule has 1 aromatic heterocycles. The molecular weight excluding hydrogens is 186 g/mol. The molecule has 1 fully saturated rings. The first-order chi connectivity index (χ1) is 7.15. The van der Waals surface area contributed by atoms with Gasteiger partial charge in [-0.3, -0.25) is 0 Å². The number of rotatable bonds is 2. The number of aromatic nitrogens is 2. The lowest BCUT2D eigenvalue weighted by molar-refractivity contribution is 0.280. The van der Waals surface area contributed by atoms with E-state index in [2.05, 4.69) is 24.1 Å². The van der Waals surface area contributed by atoms with Crippen molar-refractivity contribution in [3.8, 4) is 0 Å². The monoisotopic (exact) mass is 207 g/mol. The quantitative estimate of drug-likeness (QED) is 0.808. The number of nitrogens with zero attached hydrogens (tertiary/aromatic N) is 2. The summed E-state index contributed by atoms with van der Waals surface area (Å²) in [6.07, 6.45) is 7.75. The molecule has 1 heterocycles. The molecule has 0 aromatic carbocycles. The minimum absolute atomic E-state index is 0.602. The van der Waals surface area contributed by atoms with E-state index >= 15 is 0 Å². The maximum atomic E-state index is 4.31. The first-order valence-electron chi connectivity index (χ1n) is 5.89. The van der Waals surface area contributed by atoms with Crippen LogP contribution in [0.1, 0.15) is 33.1 Å². The van der Waals surface area contributed by atoms with Crippen molar-refractivity contribution < 1.29 is 0 Å². The lowest BCUT2D eigenvalue weighted by atomic mass is 9.80. The Bertz CT molecular complexity index is 308. The molecule has 2 atom stereocenters. The first-order valence-corrected chi connectivity index (χ1v) is 5.89. The van der Waals surface area contributed by atoms with Crippen molar-refractivity contribution in [3.05, 3.63) is 12.4 Å². The van der Waals surface area contributed by atoms with E-state index in [1.54, 1.807) is 0 Å². The molecule has 2 rings (SSSR count). The van der Waals surface area contributed by atoms with E-state index in [1.165, 1.54) is 19.3 Å². The highest BCUT2D eigenvalue weighted by Crippen LogP contribution is 2.29. The summed E-state index contributed by atoms with van der Waals surface area (Å²) in [5.41, 5.74) is 0. The average Bonchev–Trinajstić information content (AvgIpc) is 2.50. The molecule has 0 spiro atoms. The van der Waals surface area contributed by atoms with Crippen molar-refractivity contribution in [3.63, 3.8) is 0 Å². The Morgan fingerprint density at radius 3 is 2.47 bits per heavy atom.